The Labute approximate surface area is 168 Å². The van der Waals surface area contributed by atoms with Gasteiger partial charge in [-0.1, -0.05) is 18.2 Å². The number of carbonyl (C=O) groups is 1. The van der Waals surface area contributed by atoms with Crippen LogP contribution < -0.4 is 11.0 Å². The van der Waals surface area contributed by atoms with Crippen LogP contribution in [-0.2, 0) is 24.1 Å². The standard InChI is InChI=1S/C22H24N4O3/c1-15-24-26(20-8-5-17-10-12-23-13-11-18(17)14-20)22(29)25(15)19-6-2-16(3-7-19)4-9-21(27)28/h2-3,5-8,14,23H,4,9-13H2,1H3,(H,27,28). The first kappa shape index (κ1) is 19.1. The van der Waals surface area contributed by atoms with Crippen LogP contribution in [0.3, 0.4) is 0 Å². The monoisotopic (exact) mass is 392 g/mol. The smallest absolute Gasteiger partial charge is 0.355 e. The minimum atomic E-state index is -0.820. The van der Waals surface area contributed by atoms with Crippen molar-refractivity contribution in [1.82, 2.24) is 19.7 Å². The summed E-state index contributed by atoms with van der Waals surface area (Å²) < 4.78 is 3.03. The number of nitrogens with zero attached hydrogens (tertiary/aromatic N) is 3. The van der Waals surface area contributed by atoms with Gasteiger partial charge in [0.2, 0.25) is 0 Å². The molecule has 2 aromatic carbocycles. The van der Waals surface area contributed by atoms with Gasteiger partial charge in [-0.05, 0) is 80.2 Å². The highest BCUT2D eigenvalue weighted by Crippen LogP contribution is 2.18. The van der Waals surface area contributed by atoms with Gasteiger partial charge in [-0.2, -0.15) is 4.68 Å². The number of aliphatic carboxylic acids is 1. The molecule has 0 atom stereocenters. The predicted molar refractivity (Wildman–Crippen MR) is 110 cm³/mol. The second-order valence-corrected chi connectivity index (χ2v) is 7.34. The Hall–Kier alpha value is -3.19. The minimum absolute atomic E-state index is 0.0874. The van der Waals surface area contributed by atoms with Gasteiger partial charge in [-0.25, -0.2) is 9.36 Å². The van der Waals surface area contributed by atoms with E-state index in [0.717, 1.165) is 42.9 Å². The van der Waals surface area contributed by atoms with E-state index in [1.807, 2.05) is 37.3 Å². The van der Waals surface area contributed by atoms with Gasteiger partial charge in [0, 0.05) is 6.42 Å². The zero-order valence-corrected chi connectivity index (χ0v) is 16.4. The average molecular weight is 392 g/mol. The summed E-state index contributed by atoms with van der Waals surface area (Å²) in [5.74, 6) is -0.219. The summed E-state index contributed by atoms with van der Waals surface area (Å²) >= 11 is 0. The maximum atomic E-state index is 13.1. The van der Waals surface area contributed by atoms with Crippen LogP contribution in [0.4, 0.5) is 0 Å². The molecule has 150 valence electrons. The quantitative estimate of drug-likeness (QED) is 0.694. The van der Waals surface area contributed by atoms with E-state index in [-0.39, 0.29) is 12.1 Å². The number of aryl methyl sites for hydroxylation is 2. The van der Waals surface area contributed by atoms with Crippen LogP contribution in [0.15, 0.2) is 47.3 Å². The van der Waals surface area contributed by atoms with E-state index in [4.69, 9.17) is 5.11 Å². The molecule has 0 radical (unpaired) electrons. The summed E-state index contributed by atoms with van der Waals surface area (Å²) in [6.07, 6.45) is 2.48. The van der Waals surface area contributed by atoms with Crippen molar-refractivity contribution in [2.24, 2.45) is 0 Å². The van der Waals surface area contributed by atoms with Gasteiger partial charge >= 0.3 is 11.7 Å². The highest BCUT2D eigenvalue weighted by Gasteiger charge is 2.15. The fourth-order valence-corrected chi connectivity index (χ4v) is 3.79. The second kappa shape index (κ2) is 8.05. The molecule has 0 saturated carbocycles. The number of fused-ring (bicyclic) bond motifs is 1. The maximum Gasteiger partial charge on any atom is 0.355 e. The first-order valence-corrected chi connectivity index (χ1v) is 9.85. The molecule has 2 heterocycles. The highest BCUT2D eigenvalue weighted by atomic mass is 16.4. The van der Waals surface area contributed by atoms with E-state index >= 15 is 0 Å². The predicted octanol–water partition coefficient (Wildman–Crippen LogP) is 2.04. The number of hydrogen-bond acceptors (Lipinski definition) is 4. The molecule has 1 aromatic heterocycles. The lowest BCUT2D eigenvalue weighted by Crippen LogP contribution is -2.23. The van der Waals surface area contributed by atoms with Crippen LogP contribution >= 0.6 is 0 Å². The highest BCUT2D eigenvalue weighted by molar-refractivity contribution is 5.67. The first-order chi connectivity index (χ1) is 14.0. The molecule has 1 aliphatic rings. The molecule has 0 unspecified atom stereocenters. The lowest BCUT2D eigenvalue weighted by Gasteiger charge is -2.08. The van der Waals surface area contributed by atoms with Crippen molar-refractivity contribution >= 4 is 5.97 Å². The van der Waals surface area contributed by atoms with Crippen molar-refractivity contribution in [2.45, 2.75) is 32.6 Å². The lowest BCUT2D eigenvalue weighted by molar-refractivity contribution is -0.136. The SMILES string of the molecule is Cc1nn(-c2ccc3c(c2)CCNCC3)c(=O)n1-c1ccc(CCC(=O)O)cc1. The molecule has 4 rings (SSSR count). The molecule has 7 heteroatoms. The number of hydrogen-bond donors (Lipinski definition) is 2. The Morgan fingerprint density at radius 1 is 1.07 bits per heavy atom. The summed E-state index contributed by atoms with van der Waals surface area (Å²) in [6, 6.07) is 13.5. The van der Waals surface area contributed by atoms with Gasteiger partial charge < -0.3 is 10.4 Å². The second-order valence-electron chi connectivity index (χ2n) is 7.34. The van der Waals surface area contributed by atoms with Crippen molar-refractivity contribution < 1.29 is 9.90 Å². The Kier molecular flexibility index (Phi) is 5.31. The number of benzene rings is 2. The van der Waals surface area contributed by atoms with Crippen molar-refractivity contribution in [3.8, 4) is 11.4 Å². The molecular formula is C22H24N4O3. The fraction of sp³-hybridized carbons (Fsp3) is 0.318. The zero-order chi connectivity index (χ0) is 20.4. The van der Waals surface area contributed by atoms with Gasteiger partial charge in [0.05, 0.1) is 11.4 Å². The number of aromatic nitrogens is 3. The van der Waals surface area contributed by atoms with Crippen LogP contribution in [0.2, 0.25) is 0 Å². The van der Waals surface area contributed by atoms with Gasteiger partial charge in [-0.3, -0.25) is 4.79 Å². The van der Waals surface area contributed by atoms with E-state index in [9.17, 15) is 9.59 Å². The first-order valence-electron chi connectivity index (χ1n) is 9.85. The third-order valence-corrected chi connectivity index (χ3v) is 5.34. The zero-order valence-electron chi connectivity index (χ0n) is 16.4. The Morgan fingerprint density at radius 2 is 1.76 bits per heavy atom. The minimum Gasteiger partial charge on any atom is -0.481 e. The van der Waals surface area contributed by atoms with Crippen molar-refractivity contribution in [3.05, 3.63) is 75.5 Å². The summed E-state index contributed by atoms with van der Waals surface area (Å²) in [6.45, 7) is 3.72. The molecule has 0 amide bonds. The third kappa shape index (κ3) is 4.00. The van der Waals surface area contributed by atoms with Gasteiger partial charge in [-0.15, -0.1) is 5.10 Å². The molecular weight excluding hydrogens is 368 g/mol. The summed E-state index contributed by atoms with van der Waals surface area (Å²) in [5.41, 5.74) is 4.78. The largest absolute Gasteiger partial charge is 0.481 e. The molecule has 7 nitrogen and oxygen atoms in total. The van der Waals surface area contributed by atoms with E-state index in [1.165, 1.54) is 15.8 Å². The van der Waals surface area contributed by atoms with Crippen molar-refractivity contribution in [1.29, 1.82) is 0 Å². The Bertz CT molecular complexity index is 1100. The molecule has 29 heavy (non-hydrogen) atoms. The molecule has 0 aliphatic carbocycles. The molecule has 0 fully saturated rings. The van der Waals surface area contributed by atoms with Crippen molar-refractivity contribution in [2.75, 3.05) is 13.1 Å². The molecule has 0 spiro atoms. The van der Waals surface area contributed by atoms with Gasteiger partial charge in [0.15, 0.2) is 0 Å². The Balaban J connectivity index is 1.66. The van der Waals surface area contributed by atoms with Crippen LogP contribution in [0.25, 0.3) is 11.4 Å². The van der Waals surface area contributed by atoms with Crippen LogP contribution in [0.5, 0.6) is 0 Å². The molecule has 0 bridgehead atoms. The van der Waals surface area contributed by atoms with E-state index in [1.54, 1.807) is 4.57 Å². The lowest BCUT2D eigenvalue weighted by atomic mass is 10.0. The summed E-state index contributed by atoms with van der Waals surface area (Å²) in [7, 11) is 0. The van der Waals surface area contributed by atoms with E-state index in [2.05, 4.69) is 22.5 Å². The fourth-order valence-electron chi connectivity index (χ4n) is 3.79. The molecule has 1 aliphatic heterocycles. The average Bonchev–Trinajstić information content (AvgIpc) is 2.88. The summed E-state index contributed by atoms with van der Waals surface area (Å²) in [5, 5.41) is 16.7. The number of carboxylic acid groups (broad SMARTS) is 1. The van der Waals surface area contributed by atoms with E-state index < -0.39 is 5.97 Å². The topological polar surface area (TPSA) is 89.2 Å². The summed E-state index contributed by atoms with van der Waals surface area (Å²) in [4.78, 5) is 23.8. The van der Waals surface area contributed by atoms with Crippen LogP contribution in [-0.4, -0.2) is 38.5 Å². The number of nitrogens with one attached hydrogen (secondary N) is 1. The number of carboxylic acids is 1. The number of rotatable bonds is 5. The van der Waals surface area contributed by atoms with Crippen molar-refractivity contribution in [3.63, 3.8) is 0 Å². The molecule has 2 N–H and O–H groups in total. The third-order valence-electron chi connectivity index (χ3n) is 5.34. The molecule has 0 saturated heterocycles. The van der Waals surface area contributed by atoms with Gasteiger partial charge in [0.1, 0.15) is 5.82 Å². The molecule has 3 aromatic rings. The maximum absolute atomic E-state index is 13.1. The van der Waals surface area contributed by atoms with Crippen LogP contribution in [0.1, 0.15) is 28.9 Å². The van der Waals surface area contributed by atoms with Crippen LogP contribution in [0, 0.1) is 6.92 Å². The van der Waals surface area contributed by atoms with E-state index in [0.29, 0.717) is 12.2 Å². The Morgan fingerprint density at radius 3 is 2.48 bits per heavy atom. The normalized spacial score (nSPS) is 13.7. The van der Waals surface area contributed by atoms with Gasteiger partial charge in [0.25, 0.3) is 0 Å².